The van der Waals surface area contributed by atoms with Crippen molar-refractivity contribution in [2.75, 3.05) is 18.5 Å². The molecule has 134 valence electrons. The summed E-state index contributed by atoms with van der Waals surface area (Å²) in [4.78, 5) is 11.8. The van der Waals surface area contributed by atoms with Gasteiger partial charge in [0.25, 0.3) is 0 Å². The van der Waals surface area contributed by atoms with Crippen LogP contribution in [0.2, 0.25) is 0 Å². The zero-order valence-corrected chi connectivity index (χ0v) is 15.3. The van der Waals surface area contributed by atoms with Crippen LogP contribution in [0, 0.1) is 0 Å². The largest absolute Gasteiger partial charge is 0.494 e. The zero-order valence-electron chi connectivity index (χ0n) is 15.3. The van der Waals surface area contributed by atoms with Crippen LogP contribution in [-0.4, -0.2) is 24.6 Å². The van der Waals surface area contributed by atoms with Crippen molar-refractivity contribution in [2.24, 2.45) is 0 Å². The maximum absolute atomic E-state index is 11.8. The van der Waals surface area contributed by atoms with Crippen molar-refractivity contribution in [2.45, 2.75) is 39.2 Å². The van der Waals surface area contributed by atoms with E-state index in [-0.39, 0.29) is 18.0 Å². The molecule has 0 unspecified atom stereocenters. The summed E-state index contributed by atoms with van der Waals surface area (Å²) in [6.45, 7) is 6.85. The van der Waals surface area contributed by atoms with Crippen molar-refractivity contribution in [3.63, 3.8) is 0 Å². The fourth-order valence-electron chi connectivity index (χ4n) is 2.42. The van der Waals surface area contributed by atoms with E-state index < -0.39 is 0 Å². The molecule has 2 rings (SSSR count). The van der Waals surface area contributed by atoms with E-state index in [1.165, 1.54) is 5.56 Å². The van der Waals surface area contributed by atoms with Crippen LogP contribution in [0.3, 0.4) is 0 Å². The van der Waals surface area contributed by atoms with Crippen molar-refractivity contribution >= 4 is 11.6 Å². The van der Waals surface area contributed by atoms with Gasteiger partial charge in [-0.25, -0.2) is 0 Å². The number of aryl methyl sites for hydroxylation is 1. The lowest BCUT2D eigenvalue weighted by Gasteiger charge is -2.20. The van der Waals surface area contributed by atoms with E-state index in [1.54, 1.807) is 0 Å². The molecule has 0 aromatic heterocycles. The maximum Gasteiger partial charge on any atom is 0.239 e. The van der Waals surface area contributed by atoms with Crippen LogP contribution < -0.4 is 15.4 Å². The number of amides is 1. The monoisotopic (exact) mass is 340 g/mol. The Balaban J connectivity index is 1.68. The summed E-state index contributed by atoms with van der Waals surface area (Å²) in [5.74, 6) is 0.825. The number of rotatable bonds is 8. The van der Waals surface area contributed by atoms with Gasteiger partial charge in [0.05, 0.1) is 13.2 Å². The summed E-state index contributed by atoms with van der Waals surface area (Å²) in [5, 5.41) is 6.04. The lowest BCUT2D eigenvalue weighted by Crippen LogP contribution is -2.43. The summed E-state index contributed by atoms with van der Waals surface area (Å²) in [7, 11) is 0. The molecular weight excluding hydrogens is 312 g/mol. The van der Waals surface area contributed by atoms with E-state index in [1.807, 2.05) is 51.1 Å². The minimum absolute atomic E-state index is 0.0197. The quantitative estimate of drug-likeness (QED) is 0.714. The van der Waals surface area contributed by atoms with Gasteiger partial charge in [-0.15, -0.1) is 0 Å². The third kappa shape index (κ3) is 7.75. The molecule has 0 spiro atoms. The molecule has 0 fully saturated rings. The molecule has 25 heavy (non-hydrogen) atoms. The molecule has 4 nitrogen and oxygen atoms in total. The average molecular weight is 340 g/mol. The van der Waals surface area contributed by atoms with Gasteiger partial charge in [-0.1, -0.05) is 30.3 Å². The second-order valence-electron chi connectivity index (χ2n) is 7.11. The average Bonchev–Trinajstić information content (AvgIpc) is 2.57. The first-order valence-electron chi connectivity index (χ1n) is 8.74. The summed E-state index contributed by atoms with van der Waals surface area (Å²) in [6.07, 6.45) is 2.00. The fraction of sp³-hybridized carbons (Fsp3) is 0.381. The maximum atomic E-state index is 11.8. The molecular formula is C21H28N2O2. The van der Waals surface area contributed by atoms with E-state index in [9.17, 15) is 4.79 Å². The predicted octanol–water partition coefficient (Wildman–Crippen LogP) is 4.02. The molecule has 2 aromatic carbocycles. The molecule has 0 aliphatic carbocycles. The third-order valence-electron chi connectivity index (χ3n) is 3.54. The molecule has 0 saturated heterocycles. The van der Waals surface area contributed by atoms with Gasteiger partial charge < -0.3 is 15.4 Å². The lowest BCUT2D eigenvalue weighted by atomic mass is 10.1. The Morgan fingerprint density at radius 1 is 1.00 bits per heavy atom. The van der Waals surface area contributed by atoms with Gasteiger partial charge in [0.15, 0.2) is 0 Å². The second-order valence-corrected chi connectivity index (χ2v) is 7.11. The Labute approximate surface area is 150 Å². The summed E-state index contributed by atoms with van der Waals surface area (Å²) in [6, 6.07) is 18.1. The number of carbonyl (C=O) groups excluding carboxylic acids is 1. The normalized spacial score (nSPS) is 11.0. The van der Waals surface area contributed by atoms with Crippen LogP contribution in [0.5, 0.6) is 5.75 Å². The van der Waals surface area contributed by atoms with Crippen molar-refractivity contribution in [1.29, 1.82) is 0 Å². The molecule has 0 heterocycles. The number of carbonyl (C=O) groups is 1. The minimum atomic E-state index is -0.212. The standard InChI is InChI=1S/C21H28N2O2/c1-21(2,3)23-20(24)16-22-18-11-13-19(14-12-18)25-15-7-10-17-8-5-4-6-9-17/h4-6,8-9,11-14,22H,7,10,15-16H2,1-3H3,(H,23,24). The van der Waals surface area contributed by atoms with Gasteiger partial charge in [-0.05, 0) is 63.4 Å². The smallest absolute Gasteiger partial charge is 0.239 e. The molecule has 0 atom stereocenters. The Kier molecular flexibility index (Phi) is 6.87. The molecule has 0 aliphatic heterocycles. The Morgan fingerprint density at radius 2 is 1.68 bits per heavy atom. The Bertz CT molecular complexity index is 646. The van der Waals surface area contributed by atoms with Crippen LogP contribution >= 0.6 is 0 Å². The van der Waals surface area contributed by atoms with Gasteiger partial charge in [0.2, 0.25) is 5.91 Å². The van der Waals surface area contributed by atoms with Crippen molar-refractivity contribution in [1.82, 2.24) is 5.32 Å². The van der Waals surface area contributed by atoms with E-state index in [4.69, 9.17) is 4.74 Å². The van der Waals surface area contributed by atoms with Crippen molar-refractivity contribution in [3.8, 4) is 5.75 Å². The second kappa shape index (κ2) is 9.11. The summed E-state index contributed by atoms with van der Waals surface area (Å²) >= 11 is 0. The Hall–Kier alpha value is -2.49. The van der Waals surface area contributed by atoms with E-state index in [0.717, 1.165) is 24.3 Å². The van der Waals surface area contributed by atoms with Gasteiger partial charge in [-0.3, -0.25) is 4.79 Å². The van der Waals surface area contributed by atoms with Crippen LogP contribution in [0.1, 0.15) is 32.8 Å². The first kappa shape index (κ1) is 18.8. The first-order valence-corrected chi connectivity index (χ1v) is 8.74. The van der Waals surface area contributed by atoms with E-state index in [0.29, 0.717) is 6.61 Å². The molecule has 0 radical (unpaired) electrons. The van der Waals surface area contributed by atoms with Gasteiger partial charge in [-0.2, -0.15) is 0 Å². The van der Waals surface area contributed by atoms with Crippen LogP contribution in [0.15, 0.2) is 54.6 Å². The van der Waals surface area contributed by atoms with Gasteiger partial charge in [0, 0.05) is 11.2 Å². The van der Waals surface area contributed by atoms with E-state index >= 15 is 0 Å². The molecule has 4 heteroatoms. The van der Waals surface area contributed by atoms with Gasteiger partial charge in [0.1, 0.15) is 5.75 Å². The number of hydrogen-bond donors (Lipinski definition) is 2. The summed E-state index contributed by atoms with van der Waals surface area (Å²) < 4.78 is 5.77. The molecule has 0 bridgehead atoms. The molecule has 1 amide bonds. The van der Waals surface area contributed by atoms with E-state index in [2.05, 4.69) is 34.9 Å². The number of benzene rings is 2. The highest BCUT2D eigenvalue weighted by Crippen LogP contribution is 2.16. The highest BCUT2D eigenvalue weighted by Gasteiger charge is 2.12. The Morgan fingerprint density at radius 3 is 2.32 bits per heavy atom. The number of ether oxygens (including phenoxy) is 1. The number of hydrogen-bond acceptors (Lipinski definition) is 3. The molecule has 0 aliphatic rings. The van der Waals surface area contributed by atoms with Crippen molar-refractivity contribution in [3.05, 3.63) is 60.2 Å². The highest BCUT2D eigenvalue weighted by molar-refractivity contribution is 5.81. The molecule has 0 saturated carbocycles. The number of nitrogens with one attached hydrogen (secondary N) is 2. The van der Waals surface area contributed by atoms with Crippen LogP contribution in [0.25, 0.3) is 0 Å². The predicted molar refractivity (Wildman–Crippen MR) is 103 cm³/mol. The van der Waals surface area contributed by atoms with Crippen molar-refractivity contribution < 1.29 is 9.53 Å². The first-order chi connectivity index (χ1) is 11.9. The zero-order chi connectivity index (χ0) is 18.1. The fourth-order valence-corrected chi connectivity index (χ4v) is 2.42. The minimum Gasteiger partial charge on any atom is -0.494 e. The summed E-state index contributed by atoms with van der Waals surface area (Å²) in [5.41, 5.74) is 2.02. The molecule has 2 aromatic rings. The molecule has 2 N–H and O–H groups in total. The van der Waals surface area contributed by atoms with Crippen LogP contribution in [-0.2, 0) is 11.2 Å². The third-order valence-corrected chi connectivity index (χ3v) is 3.54. The SMILES string of the molecule is CC(C)(C)NC(=O)CNc1ccc(OCCCc2ccccc2)cc1. The van der Waals surface area contributed by atoms with Gasteiger partial charge >= 0.3 is 0 Å². The van der Waals surface area contributed by atoms with Crippen LogP contribution in [0.4, 0.5) is 5.69 Å². The highest BCUT2D eigenvalue weighted by atomic mass is 16.5. The lowest BCUT2D eigenvalue weighted by molar-refractivity contribution is -0.120. The number of anilines is 1. The topological polar surface area (TPSA) is 50.4 Å².